The number of hydrogen-bond acceptors (Lipinski definition) is 5. The maximum atomic E-state index is 12.5. The molecule has 0 unspecified atom stereocenters. The molecule has 0 saturated carbocycles. The lowest BCUT2D eigenvalue weighted by molar-refractivity contribution is 0.415. The Morgan fingerprint density at radius 2 is 1.80 bits per heavy atom. The molecule has 2 aromatic carbocycles. The van der Waals surface area contributed by atoms with Crippen molar-refractivity contribution in [2.45, 2.75) is 0 Å². The molecule has 1 fully saturated rings. The largest absolute Gasteiger partial charge is 0.497 e. The summed E-state index contributed by atoms with van der Waals surface area (Å²) in [6.45, 7) is 3.86. The molecule has 1 N–H and O–H groups in total. The minimum Gasteiger partial charge on any atom is -0.497 e. The van der Waals surface area contributed by atoms with Crippen molar-refractivity contribution in [3.05, 3.63) is 59.0 Å². The zero-order valence-electron chi connectivity index (χ0n) is 14.1. The Balaban J connectivity index is 1.73. The van der Waals surface area contributed by atoms with E-state index in [2.05, 4.69) is 16.3 Å². The Labute approximate surface area is 145 Å². The van der Waals surface area contributed by atoms with Gasteiger partial charge in [0, 0.05) is 43.3 Å². The Morgan fingerprint density at radius 3 is 2.52 bits per heavy atom. The number of hydrogen-bond donors (Lipinski definition) is 1. The van der Waals surface area contributed by atoms with Crippen LogP contribution in [-0.4, -0.2) is 33.3 Å². The molecule has 1 aromatic heterocycles. The van der Waals surface area contributed by atoms with Gasteiger partial charge >= 0.3 is 5.63 Å². The van der Waals surface area contributed by atoms with E-state index in [0.29, 0.717) is 11.1 Å². The van der Waals surface area contributed by atoms with E-state index >= 15 is 0 Å². The van der Waals surface area contributed by atoms with Crippen molar-refractivity contribution in [3.63, 3.8) is 0 Å². The van der Waals surface area contributed by atoms with Crippen LogP contribution in [0, 0.1) is 0 Å². The number of methoxy groups -OCH3 is 1. The SMILES string of the molecule is COc1ccc(-c2cc3ccc(N4CCNCC4)cc3oc2=O)cc1. The lowest BCUT2D eigenvalue weighted by Gasteiger charge is -2.29. The van der Waals surface area contributed by atoms with Crippen LogP contribution < -0.4 is 20.6 Å². The number of fused-ring (bicyclic) bond motifs is 1. The van der Waals surface area contributed by atoms with Gasteiger partial charge in [-0.1, -0.05) is 12.1 Å². The summed E-state index contributed by atoms with van der Waals surface area (Å²) in [7, 11) is 1.62. The molecule has 1 saturated heterocycles. The number of anilines is 1. The van der Waals surface area contributed by atoms with E-state index in [9.17, 15) is 4.79 Å². The van der Waals surface area contributed by atoms with Crippen molar-refractivity contribution in [3.8, 4) is 16.9 Å². The molecule has 0 spiro atoms. The van der Waals surface area contributed by atoms with Gasteiger partial charge in [-0.15, -0.1) is 0 Å². The summed E-state index contributed by atoms with van der Waals surface area (Å²) >= 11 is 0. The standard InChI is InChI=1S/C20H20N2O3/c1-24-17-6-3-14(4-7-17)18-12-15-2-5-16(13-19(15)25-20(18)23)22-10-8-21-9-11-22/h2-7,12-13,21H,8-11H2,1H3. The maximum Gasteiger partial charge on any atom is 0.344 e. The van der Waals surface area contributed by atoms with Crippen LogP contribution in [-0.2, 0) is 0 Å². The average molecular weight is 336 g/mol. The number of rotatable bonds is 3. The van der Waals surface area contributed by atoms with Gasteiger partial charge in [0.05, 0.1) is 12.7 Å². The number of nitrogens with zero attached hydrogens (tertiary/aromatic N) is 1. The van der Waals surface area contributed by atoms with Gasteiger partial charge in [-0.05, 0) is 35.9 Å². The summed E-state index contributed by atoms with van der Waals surface area (Å²) in [4.78, 5) is 14.8. The van der Waals surface area contributed by atoms with E-state index in [4.69, 9.17) is 9.15 Å². The van der Waals surface area contributed by atoms with Gasteiger partial charge in [-0.2, -0.15) is 0 Å². The molecule has 5 heteroatoms. The van der Waals surface area contributed by atoms with Gasteiger partial charge in [-0.3, -0.25) is 0 Å². The second-order valence-electron chi connectivity index (χ2n) is 6.14. The van der Waals surface area contributed by atoms with Gasteiger partial charge in [-0.25, -0.2) is 4.79 Å². The van der Waals surface area contributed by atoms with Crippen molar-refractivity contribution in [2.24, 2.45) is 0 Å². The number of ether oxygens (including phenoxy) is 1. The second kappa shape index (κ2) is 6.61. The molecule has 128 valence electrons. The minimum atomic E-state index is -0.324. The maximum absolute atomic E-state index is 12.5. The molecule has 1 aliphatic heterocycles. The van der Waals surface area contributed by atoms with Crippen LogP contribution in [0.25, 0.3) is 22.1 Å². The molecule has 0 bridgehead atoms. The van der Waals surface area contributed by atoms with Crippen LogP contribution >= 0.6 is 0 Å². The fraction of sp³-hybridized carbons (Fsp3) is 0.250. The molecule has 0 radical (unpaired) electrons. The molecule has 0 atom stereocenters. The minimum absolute atomic E-state index is 0.324. The molecule has 5 nitrogen and oxygen atoms in total. The van der Waals surface area contributed by atoms with Crippen LogP contribution in [0.2, 0.25) is 0 Å². The topological polar surface area (TPSA) is 54.7 Å². The van der Waals surface area contributed by atoms with Gasteiger partial charge in [0.1, 0.15) is 11.3 Å². The van der Waals surface area contributed by atoms with Gasteiger partial charge < -0.3 is 19.4 Å². The molecule has 4 rings (SSSR count). The van der Waals surface area contributed by atoms with E-state index < -0.39 is 0 Å². The summed E-state index contributed by atoms with van der Waals surface area (Å²) < 4.78 is 10.8. The summed E-state index contributed by atoms with van der Waals surface area (Å²) in [5.74, 6) is 0.759. The van der Waals surface area contributed by atoms with Crippen molar-refractivity contribution in [1.82, 2.24) is 5.32 Å². The summed E-state index contributed by atoms with van der Waals surface area (Å²) in [6, 6.07) is 15.4. The van der Waals surface area contributed by atoms with Crippen LogP contribution in [0.5, 0.6) is 5.75 Å². The average Bonchev–Trinajstić information content (AvgIpc) is 2.68. The molecule has 25 heavy (non-hydrogen) atoms. The van der Waals surface area contributed by atoms with Gasteiger partial charge in [0.2, 0.25) is 0 Å². The quantitative estimate of drug-likeness (QED) is 0.746. The summed E-state index contributed by atoms with van der Waals surface area (Å²) in [5, 5.41) is 4.26. The Kier molecular flexibility index (Phi) is 4.15. The zero-order chi connectivity index (χ0) is 17.2. The first-order chi connectivity index (χ1) is 12.2. The predicted octanol–water partition coefficient (Wildman–Crippen LogP) is 2.88. The fourth-order valence-electron chi connectivity index (χ4n) is 3.19. The third-order valence-corrected chi connectivity index (χ3v) is 4.60. The smallest absolute Gasteiger partial charge is 0.344 e. The molecule has 1 aliphatic rings. The highest BCUT2D eigenvalue weighted by Gasteiger charge is 2.13. The van der Waals surface area contributed by atoms with Crippen LogP contribution in [0.1, 0.15) is 0 Å². The Morgan fingerprint density at radius 1 is 1.04 bits per heavy atom. The van der Waals surface area contributed by atoms with E-state index in [1.807, 2.05) is 42.5 Å². The normalized spacial score (nSPS) is 14.7. The van der Waals surface area contributed by atoms with Crippen molar-refractivity contribution < 1.29 is 9.15 Å². The highest BCUT2D eigenvalue weighted by molar-refractivity contribution is 5.84. The summed E-state index contributed by atoms with van der Waals surface area (Å²) in [5.41, 5.74) is 2.77. The van der Waals surface area contributed by atoms with Crippen LogP contribution in [0.3, 0.4) is 0 Å². The van der Waals surface area contributed by atoms with E-state index in [-0.39, 0.29) is 5.63 Å². The molecular weight excluding hydrogens is 316 g/mol. The Bertz CT molecular complexity index is 941. The highest BCUT2D eigenvalue weighted by atomic mass is 16.5. The molecule has 0 amide bonds. The molecule has 3 aromatic rings. The first kappa shape index (κ1) is 15.7. The van der Waals surface area contributed by atoms with Gasteiger partial charge in [0.25, 0.3) is 0 Å². The van der Waals surface area contributed by atoms with Gasteiger partial charge in [0.15, 0.2) is 0 Å². The lowest BCUT2D eigenvalue weighted by atomic mass is 10.1. The van der Waals surface area contributed by atoms with E-state index in [1.165, 1.54) is 0 Å². The molecular formula is C20H20N2O3. The predicted molar refractivity (Wildman–Crippen MR) is 99.6 cm³/mol. The number of benzene rings is 2. The zero-order valence-corrected chi connectivity index (χ0v) is 14.1. The first-order valence-corrected chi connectivity index (χ1v) is 8.42. The number of nitrogens with one attached hydrogen (secondary N) is 1. The first-order valence-electron chi connectivity index (χ1n) is 8.42. The van der Waals surface area contributed by atoms with Crippen LogP contribution in [0.15, 0.2) is 57.7 Å². The monoisotopic (exact) mass is 336 g/mol. The fourth-order valence-corrected chi connectivity index (χ4v) is 3.19. The van der Waals surface area contributed by atoms with Crippen LogP contribution in [0.4, 0.5) is 5.69 Å². The Hall–Kier alpha value is -2.79. The van der Waals surface area contributed by atoms with Crippen molar-refractivity contribution >= 4 is 16.7 Å². The molecule has 0 aliphatic carbocycles. The molecule has 2 heterocycles. The third-order valence-electron chi connectivity index (χ3n) is 4.60. The van der Waals surface area contributed by atoms with E-state index in [1.54, 1.807) is 7.11 Å². The third kappa shape index (κ3) is 3.10. The van der Waals surface area contributed by atoms with E-state index in [0.717, 1.165) is 48.6 Å². The lowest BCUT2D eigenvalue weighted by Crippen LogP contribution is -2.43. The van der Waals surface area contributed by atoms with Crippen molar-refractivity contribution in [1.29, 1.82) is 0 Å². The highest BCUT2D eigenvalue weighted by Crippen LogP contribution is 2.26. The second-order valence-corrected chi connectivity index (χ2v) is 6.14. The number of piperazine rings is 1. The van der Waals surface area contributed by atoms with Crippen molar-refractivity contribution in [2.75, 3.05) is 38.2 Å². The summed E-state index contributed by atoms with van der Waals surface area (Å²) in [6.07, 6.45) is 0.